The standard InChI is InChI=1S/C15H15N5O3/c1-15(9-6-7-9)13(22)19(14(23)16-15)8-20-12(21)10-4-2-3-5-11(10)17-18-20/h2-5,9H,6-8H2,1H3,(H,16,23)/t15-/m1/s1. The molecule has 8 nitrogen and oxygen atoms in total. The fourth-order valence-corrected chi connectivity index (χ4v) is 3.03. The van der Waals surface area contributed by atoms with Gasteiger partial charge < -0.3 is 5.32 Å². The predicted molar refractivity (Wildman–Crippen MR) is 80.3 cm³/mol. The summed E-state index contributed by atoms with van der Waals surface area (Å²) in [7, 11) is 0. The van der Waals surface area contributed by atoms with E-state index in [2.05, 4.69) is 15.6 Å². The lowest BCUT2D eigenvalue weighted by Crippen LogP contribution is -2.46. The Bertz CT molecular complexity index is 888. The number of urea groups is 1. The Morgan fingerprint density at radius 1 is 1.26 bits per heavy atom. The van der Waals surface area contributed by atoms with Gasteiger partial charge >= 0.3 is 6.03 Å². The van der Waals surface area contributed by atoms with Gasteiger partial charge in [0.1, 0.15) is 17.7 Å². The van der Waals surface area contributed by atoms with E-state index < -0.39 is 11.6 Å². The van der Waals surface area contributed by atoms with E-state index in [0.717, 1.165) is 22.4 Å². The first-order chi connectivity index (χ1) is 11.0. The normalized spacial score (nSPS) is 24.3. The van der Waals surface area contributed by atoms with Crippen molar-refractivity contribution in [2.45, 2.75) is 32.0 Å². The van der Waals surface area contributed by atoms with Gasteiger partial charge in [-0.1, -0.05) is 17.3 Å². The Labute approximate surface area is 131 Å². The number of nitrogens with zero attached hydrogens (tertiary/aromatic N) is 4. The summed E-state index contributed by atoms with van der Waals surface area (Å²) in [5, 5.41) is 10.9. The van der Waals surface area contributed by atoms with Crippen molar-refractivity contribution in [2.24, 2.45) is 5.92 Å². The Morgan fingerprint density at radius 3 is 2.74 bits per heavy atom. The maximum Gasteiger partial charge on any atom is 0.326 e. The van der Waals surface area contributed by atoms with E-state index in [0.29, 0.717) is 10.9 Å². The molecule has 0 radical (unpaired) electrons. The lowest BCUT2D eigenvalue weighted by atomic mass is 9.96. The highest BCUT2D eigenvalue weighted by atomic mass is 16.2. The molecule has 1 atom stereocenters. The first-order valence-corrected chi connectivity index (χ1v) is 7.47. The van der Waals surface area contributed by atoms with Gasteiger partial charge in [0.15, 0.2) is 0 Å². The van der Waals surface area contributed by atoms with Crippen LogP contribution in [0.5, 0.6) is 0 Å². The van der Waals surface area contributed by atoms with Crippen LogP contribution in [-0.4, -0.2) is 37.4 Å². The number of fused-ring (bicyclic) bond motifs is 1. The third-order valence-corrected chi connectivity index (χ3v) is 4.60. The van der Waals surface area contributed by atoms with E-state index in [1.54, 1.807) is 31.2 Å². The van der Waals surface area contributed by atoms with Crippen molar-refractivity contribution in [1.29, 1.82) is 0 Å². The maximum absolute atomic E-state index is 12.6. The number of rotatable bonds is 3. The van der Waals surface area contributed by atoms with Crippen LogP contribution in [0.2, 0.25) is 0 Å². The molecule has 118 valence electrons. The molecule has 2 fully saturated rings. The van der Waals surface area contributed by atoms with Crippen LogP contribution in [0.1, 0.15) is 19.8 Å². The van der Waals surface area contributed by atoms with Gasteiger partial charge in [0.25, 0.3) is 11.5 Å². The summed E-state index contributed by atoms with van der Waals surface area (Å²) in [5.41, 5.74) is -0.768. The molecular formula is C15H15N5O3. The van der Waals surface area contributed by atoms with E-state index in [4.69, 9.17) is 0 Å². The minimum absolute atomic E-state index is 0.170. The lowest BCUT2D eigenvalue weighted by molar-refractivity contribution is -0.132. The summed E-state index contributed by atoms with van der Waals surface area (Å²) in [6.45, 7) is 1.50. The molecule has 23 heavy (non-hydrogen) atoms. The summed E-state index contributed by atoms with van der Waals surface area (Å²) in [6.07, 6.45) is 1.85. The number of imide groups is 1. The van der Waals surface area contributed by atoms with E-state index in [1.165, 1.54) is 0 Å². The average Bonchev–Trinajstić information content (AvgIpc) is 3.36. The van der Waals surface area contributed by atoms with Gasteiger partial charge in [-0.25, -0.2) is 9.69 Å². The topological polar surface area (TPSA) is 97.2 Å². The molecule has 1 aliphatic carbocycles. The quantitative estimate of drug-likeness (QED) is 0.831. The summed E-state index contributed by atoms with van der Waals surface area (Å²) < 4.78 is 1.04. The minimum atomic E-state index is -0.870. The molecule has 1 N–H and O–H groups in total. The van der Waals surface area contributed by atoms with Crippen molar-refractivity contribution in [2.75, 3.05) is 0 Å². The van der Waals surface area contributed by atoms with Crippen molar-refractivity contribution in [3.63, 3.8) is 0 Å². The third-order valence-electron chi connectivity index (χ3n) is 4.60. The Morgan fingerprint density at radius 2 is 2.00 bits per heavy atom. The summed E-state index contributed by atoms with van der Waals surface area (Å²) in [6, 6.07) is 6.33. The molecule has 1 saturated heterocycles. The molecule has 1 saturated carbocycles. The van der Waals surface area contributed by atoms with Crippen molar-refractivity contribution in [3.05, 3.63) is 34.6 Å². The van der Waals surface area contributed by atoms with Gasteiger partial charge in [-0.2, -0.15) is 4.68 Å². The van der Waals surface area contributed by atoms with Crippen LogP contribution in [-0.2, 0) is 11.5 Å². The zero-order valence-corrected chi connectivity index (χ0v) is 12.5. The highest BCUT2D eigenvalue weighted by Crippen LogP contribution is 2.42. The second kappa shape index (κ2) is 4.61. The molecule has 1 aliphatic heterocycles. The fourth-order valence-electron chi connectivity index (χ4n) is 3.03. The molecule has 2 aliphatic rings. The zero-order chi connectivity index (χ0) is 16.2. The number of amides is 3. The first kappa shape index (κ1) is 13.9. The lowest BCUT2D eigenvalue weighted by Gasteiger charge is -2.20. The maximum atomic E-state index is 12.6. The van der Waals surface area contributed by atoms with Gasteiger partial charge in [0.05, 0.1) is 5.39 Å². The molecule has 4 rings (SSSR count). The number of carbonyl (C=O) groups excluding carboxylic acids is 2. The highest BCUT2D eigenvalue weighted by molar-refractivity contribution is 6.06. The van der Waals surface area contributed by atoms with Crippen LogP contribution in [0.3, 0.4) is 0 Å². The van der Waals surface area contributed by atoms with Gasteiger partial charge in [-0.15, -0.1) is 5.10 Å². The summed E-state index contributed by atoms with van der Waals surface area (Å²) in [4.78, 5) is 38.2. The Kier molecular flexibility index (Phi) is 2.78. The second-order valence-electron chi connectivity index (χ2n) is 6.19. The molecule has 1 aromatic heterocycles. The largest absolute Gasteiger partial charge is 0.326 e. The zero-order valence-electron chi connectivity index (χ0n) is 12.5. The molecule has 0 bridgehead atoms. The van der Waals surface area contributed by atoms with Crippen molar-refractivity contribution < 1.29 is 9.59 Å². The molecule has 3 amide bonds. The van der Waals surface area contributed by atoms with Crippen LogP contribution in [0, 0.1) is 5.92 Å². The second-order valence-corrected chi connectivity index (χ2v) is 6.19. The molecule has 0 unspecified atom stereocenters. The van der Waals surface area contributed by atoms with Gasteiger partial charge in [0.2, 0.25) is 0 Å². The van der Waals surface area contributed by atoms with E-state index in [1.807, 2.05) is 0 Å². The summed E-state index contributed by atoms with van der Waals surface area (Å²) in [5.74, 6) is -0.143. The molecular weight excluding hydrogens is 298 g/mol. The van der Waals surface area contributed by atoms with Crippen LogP contribution in [0.15, 0.2) is 29.1 Å². The number of nitrogens with one attached hydrogen (secondary N) is 1. The molecule has 1 aromatic carbocycles. The third kappa shape index (κ3) is 2.01. The van der Waals surface area contributed by atoms with Crippen molar-refractivity contribution in [1.82, 2.24) is 25.2 Å². The van der Waals surface area contributed by atoms with E-state index in [-0.39, 0.29) is 24.1 Å². The first-order valence-electron chi connectivity index (χ1n) is 7.47. The summed E-state index contributed by atoms with van der Waals surface area (Å²) >= 11 is 0. The predicted octanol–water partition coefficient (Wildman–Crippen LogP) is 0.469. The van der Waals surface area contributed by atoms with E-state index >= 15 is 0 Å². The molecule has 0 spiro atoms. The van der Waals surface area contributed by atoms with E-state index in [9.17, 15) is 14.4 Å². The van der Waals surface area contributed by atoms with Crippen LogP contribution >= 0.6 is 0 Å². The van der Waals surface area contributed by atoms with Gasteiger partial charge in [-0.05, 0) is 37.8 Å². The highest BCUT2D eigenvalue weighted by Gasteiger charge is 2.56. The number of carbonyl (C=O) groups is 2. The van der Waals surface area contributed by atoms with Crippen LogP contribution in [0.4, 0.5) is 4.79 Å². The molecule has 2 heterocycles. The Hall–Kier alpha value is -2.77. The smallest absolute Gasteiger partial charge is 0.323 e. The van der Waals surface area contributed by atoms with Crippen molar-refractivity contribution in [3.8, 4) is 0 Å². The number of hydrogen-bond donors (Lipinski definition) is 1. The Balaban J connectivity index is 1.68. The van der Waals surface area contributed by atoms with Crippen LogP contribution < -0.4 is 10.9 Å². The fraction of sp³-hybridized carbons (Fsp3) is 0.400. The number of hydrogen-bond acceptors (Lipinski definition) is 5. The van der Waals surface area contributed by atoms with Crippen molar-refractivity contribution >= 4 is 22.8 Å². The van der Waals surface area contributed by atoms with Crippen LogP contribution in [0.25, 0.3) is 10.9 Å². The van der Waals surface area contributed by atoms with Gasteiger partial charge in [0, 0.05) is 0 Å². The number of aromatic nitrogens is 3. The van der Waals surface area contributed by atoms with Gasteiger partial charge in [-0.3, -0.25) is 9.59 Å². The molecule has 2 aromatic rings. The monoisotopic (exact) mass is 313 g/mol. The molecule has 8 heteroatoms. The SMILES string of the molecule is C[C@]1(C2CC2)NC(=O)N(Cn2nnc3ccccc3c2=O)C1=O. The number of benzene rings is 1. The average molecular weight is 313 g/mol. The minimum Gasteiger partial charge on any atom is -0.323 e.